The summed E-state index contributed by atoms with van der Waals surface area (Å²) in [4.78, 5) is 46.2. The number of hydrogen-bond donors (Lipinski definition) is 2. The molecule has 2 aliphatic rings. The molecule has 0 spiro atoms. The van der Waals surface area contributed by atoms with Crippen LogP contribution in [0.4, 0.5) is 10.1 Å². The van der Waals surface area contributed by atoms with Crippen molar-refractivity contribution in [3.8, 4) is 0 Å². The summed E-state index contributed by atoms with van der Waals surface area (Å²) in [6.45, 7) is 3.41. The molecular formula is C25H32FN5O6S. The maximum absolute atomic E-state index is 14.6. The second-order valence-electron chi connectivity index (χ2n) is 9.81. The van der Waals surface area contributed by atoms with E-state index in [1.54, 1.807) is 24.0 Å². The molecule has 3 amide bonds. The maximum atomic E-state index is 14.6. The summed E-state index contributed by atoms with van der Waals surface area (Å²) in [7, 11) is -3.64. The van der Waals surface area contributed by atoms with Crippen LogP contribution in [-0.4, -0.2) is 86.1 Å². The zero-order chi connectivity index (χ0) is 27.4. The van der Waals surface area contributed by atoms with Gasteiger partial charge < -0.3 is 19.5 Å². The average Bonchev–Trinajstić information content (AvgIpc) is 3.44. The van der Waals surface area contributed by atoms with Crippen LogP contribution in [0.1, 0.15) is 37.9 Å². The van der Waals surface area contributed by atoms with E-state index in [2.05, 4.69) is 15.6 Å². The third-order valence-corrected chi connectivity index (χ3v) is 7.22. The smallest absolute Gasteiger partial charge is 0.247 e. The number of hydrogen-bond acceptors (Lipinski definition) is 7. The van der Waals surface area contributed by atoms with Gasteiger partial charge in [0, 0.05) is 43.0 Å². The number of carbonyl (C=O) groups excluding carboxylic acids is 3. The SMILES string of the molecule is Cc1cc2cc(NC(=NC3CCCCN(CC(=O)N4CCCC4)C3=O)NC(=O)CS(C)(=O)=O)cc(F)c2o1. The van der Waals surface area contributed by atoms with Gasteiger partial charge in [-0.1, -0.05) is 0 Å². The highest BCUT2D eigenvalue weighted by Gasteiger charge is 2.30. The van der Waals surface area contributed by atoms with Crippen molar-refractivity contribution in [2.75, 3.05) is 43.5 Å². The Balaban J connectivity index is 1.59. The number of benzene rings is 1. The van der Waals surface area contributed by atoms with Crippen LogP contribution >= 0.6 is 0 Å². The molecule has 0 aliphatic carbocycles. The minimum Gasteiger partial charge on any atom is -0.458 e. The van der Waals surface area contributed by atoms with E-state index in [0.717, 1.165) is 25.2 Å². The van der Waals surface area contributed by atoms with Gasteiger partial charge >= 0.3 is 0 Å². The van der Waals surface area contributed by atoms with Crippen LogP contribution in [-0.2, 0) is 24.2 Å². The Bertz CT molecular complexity index is 1370. The number of guanidine groups is 1. The normalized spacial score (nSPS) is 19.1. The van der Waals surface area contributed by atoms with Crippen LogP contribution in [0.25, 0.3) is 11.0 Å². The molecule has 2 N–H and O–H groups in total. The Hall–Kier alpha value is -3.48. The standard InChI is InChI=1S/C25H32FN5O6S/c1-16-11-17-12-18(13-19(26)23(17)37-16)27-25(29-21(32)15-38(2,35)36)28-20-7-3-4-10-31(24(20)34)14-22(33)30-8-5-6-9-30/h11-13,20H,3-10,14-15H2,1-2H3,(H2,27,28,29,32). The minimum absolute atomic E-state index is 0.0459. The van der Waals surface area contributed by atoms with E-state index in [1.807, 2.05) is 0 Å². The maximum Gasteiger partial charge on any atom is 0.247 e. The van der Waals surface area contributed by atoms with Crippen molar-refractivity contribution < 1.29 is 31.6 Å². The lowest BCUT2D eigenvalue weighted by Crippen LogP contribution is -2.46. The fourth-order valence-electron chi connectivity index (χ4n) is 4.70. The molecule has 4 rings (SSSR count). The molecule has 0 bridgehead atoms. The minimum atomic E-state index is -3.64. The van der Waals surface area contributed by atoms with E-state index in [-0.39, 0.29) is 35.6 Å². The molecular weight excluding hydrogens is 517 g/mol. The first-order chi connectivity index (χ1) is 18.0. The summed E-state index contributed by atoms with van der Waals surface area (Å²) >= 11 is 0. The van der Waals surface area contributed by atoms with Crippen LogP contribution < -0.4 is 10.6 Å². The van der Waals surface area contributed by atoms with Crippen molar-refractivity contribution in [1.82, 2.24) is 15.1 Å². The second-order valence-corrected chi connectivity index (χ2v) is 12.0. The number of aryl methyl sites for hydroxylation is 1. The number of aliphatic imine (C=N–C) groups is 1. The van der Waals surface area contributed by atoms with Crippen LogP contribution in [0.15, 0.2) is 27.6 Å². The number of rotatable bonds is 6. The molecule has 1 aromatic heterocycles. The van der Waals surface area contributed by atoms with Crippen molar-refractivity contribution in [3.05, 3.63) is 29.8 Å². The van der Waals surface area contributed by atoms with Crippen molar-refractivity contribution in [2.45, 2.75) is 45.1 Å². The second kappa shape index (κ2) is 11.5. The summed E-state index contributed by atoms with van der Waals surface area (Å²) in [5, 5.41) is 5.71. The van der Waals surface area contributed by atoms with Crippen LogP contribution in [0, 0.1) is 12.7 Å². The molecule has 2 aromatic rings. The quantitative estimate of drug-likeness (QED) is 0.414. The predicted octanol–water partition coefficient (Wildman–Crippen LogP) is 1.81. The Morgan fingerprint density at radius 3 is 2.55 bits per heavy atom. The number of nitrogens with zero attached hydrogens (tertiary/aromatic N) is 3. The fourth-order valence-corrected chi connectivity index (χ4v) is 5.25. The first-order valence-electron chi connectivity index (χ1n) is 12.6. The number of carbonyl (C=O) groups is 3. The van der Waals surface area contributed by atoms with Gasteiger partial charge in [-0.25, -0.2) is 17.8 Å². The van der Waals surface area contributed by atoms with Gasteiger partial charge in [-0.05, 0) is 51.2 Å². The third kappa shape index (κ3) is 7.09. The van der Waals surface area contributed by atoms with E-state index >= 15 is 0 Å². The number of likely N-dealkylation sites (tertiary alicyclic amines) is 2. The Morgan fingerprint density at radius 2 is 1.84 bits per heavy atom. The summed E-state index contributed by atoms with van der Waals surface area (Å²) in [6, 6.07) is 3.46. The molecule has 38 heavy (non-hydrogen) atoms. The number of fused-ring (bicyclic) bond motifs is 1. The fraction of sp³-hybridized carbons (Fsp3) is 0.520. The number of halogens is 1. The van der Waals surface area contributed by atoms with Crippen molar-refractivity contribution in [2.24, 2.45) is 4.99 Å². The van der Waals surface area contributed by atoms with Gasteiger partial charge in [0.15, 0.2) is 21.2 Å². The molecule has 1 aromatic carbocycles. The zero-order valence-corrected chi connectivity index (χ0v) is 22.3. The van der Waals surface area contributed by atoms with Crippen LogP contribution in [0.5, 0.6) is 0 Å². The molecule has 11 nitrogen and oxygen atoms in total. The molecule has 0 radical (unpaired) electrons. The molecule has 13 heteroatoms. The number of furan rings is 1. The lowest BCUT2D eigenvalue weighted by atomic mass is 10.1. The van der Waals surface area contributed by atoms with Gasteiger partial charge in [0.05, 0.1) is 6.54 Å². The van der Waals surface area contributed by atoms with Crippen molar-refractivity contribution in [1.29, 1.82) is 0 Å². The van der Waals surface area contributed by atoms with E-state index < -0.39 is 33.4 Å². The molecule has 0 saturated carbocycles. The number of sulfone groups is 1. The van der Waals surface area contributed by atoms with E-state index in [0.29, 0.717) is 50.0 Å². The molecule has 2 aliphatic heterocycles. The molecule has 1 atom stereocenters. The van der Waals surface area contributed by atoms with Gasteiger partial charge in [-0.2, -0.15) is 0 Å². The van der Waals surface area contributed by atoms with Gasteiger partial charge in [0.1, 0.15) is 17.6 Å². The summed E-state index contributed by atoms with van der Waals surface area (Å²) in [5.41, 5.74) is 0.293. The lowest BCUT2D eigenvalue weighted by Gasteiger charge is -2.25. The highest BCUT2D eigenvalue weighted by molar-refractivity contribution is 7.91. The van der Waals surface area contributed by atoms with Gasteiger partial charge in [0.2, 0.25) is 23.7 Å². The topological polar surface area (TPSA) is 141 Å². The summed E-state index contributed by atoms with van der Waals surface area (Å²) < 4.78 is 43.3. The van der Waals surface area contributed by atoms with Gasteiger partial charge in [0.25, 0.3) is 0 Å². The van der Waals surface area contributed by atoms with Gasteiger partial charge in [-0.3, -0.25) is 19.7 Å². The molecule has 1 unspecified atom stereocenters. The monoisotopic (exact) mass is 549 g/mol. The average molecular weight is 550 g/mol. The predicted molar refractivity (Wildman–Crippen MR) is 140 cm³/mol. The summed E-state index contributed by atoms with van der Waals surface area (Å²) in [5.74, 6) is -2.45. The first-order valence-corrected chi connectivity index (χ1v) is 14.6. The van der Waals surface area contributed by atoms with E-state index in [4.69, 9.17) is 4.42 Å². The van der Waals surface area contributed by atoms with E-state index in [1.165, 1.54) is 4.90 Å². The van der Waals surface area contributed by atoms with Crippen molar-refractivity contribution in [3.63, 3.8) is 0 Å². The van der Waals surface area contributed by atoms with Crippen molar-refractivity contribution >= 4 is 50.2 Å². The first kappa shape index (κ1) is 27.6. The molecule has 2 fully saturated rings. The highest BCUT2D eigenvalue weighted by Crippen LogP contribution is 2.26. The largest absolute Gasteiger partial charge is 0.458 e. The lowest BCUT2D eigenvalue weighted by molar-refractivity contribution is -0.140. The molecule has 3 heterocycles. The highest BCUT2D eigenvalue weighted by atomic mass is 32.2. The molecule has 2 saturated heterocycles. The number of nitrogens with one attached hydrogen (secondary N) is 2. The Labute approximate surface area is 220 Å². The Kier molecular flexibility index (Phi) is 8.34. The van der Waals surface area contributed by atoms with Gasteiger partial charge in [-0.15, -0.1) is 0 Å². The zero-order valence-electron chi connectivity index (χ0n) is 21.5. The summed E-state index contributed by atoms with van der Waals surface area (Å²) in [6.07, 6.45) is 4.53. The molecule has 206 valence electrons. The van der Waals surface area contributed by atoms with Crippen LogP contribution in [0.3, 0.4) is 0 Å². The number of anilines is 1. The third-order valence-electron chi connectivity index (χ3n) is 6.43. The Morgan fingerprint density at radius 1 is 1.13 bits per heavy atom. The van der Waals surface area contributed by atoms with Crippen LogP contribution in [0.2, 0.25) is 0 Å². The van der Waals surface area contributed by atoms with E-state index in [9.17, 15) is 27.2 Å². The number of amides is 3.